The highest BCUT2D eigenvalue weighted by Crippen LogP contribution is 2.45. The summed E-state index contributed by atoms with van der Waals surface area (Å²) < 4.78 is 8.57. The number of ether oxygens (including phenoxy) is 1. The molecule has 1 aliphatic carbocycles. The molecule has 1 amide bonds. The van der Waals surface area contributed by atoms with Crippen molar-refractivity contribution in [1.29, 1.82) is 0 Å². The van der Waals surface area contributed by atoms with Crippen LogP contribution in [0.3, 0.4) is 0 Å². The van der Waals surface area contributed by atoms with E-state index < -0.39 is 0 Å². The van der Waals surface area contributed by atoms with E-state index >= 15 is 0 Å². The van der Waals surface area contributed by atoms with Gasteiger partial charge in [-0.1, -0.05) is 17.7 Å². The summed E-state index contributed by atoms with van der Waals surface area (Å²) in [5, 5.41) is 19.2. The lowest BCUT2D eigenvalue weighted by molar-refractivity contribution is 0.0948. The molecule has 11 nitrogen and oxygen atoms in total. The molecular formula is C24H24ClN9O2. The summed E-state index contributed by atoms with van der Waals surface area (Å²) in [5.41, 5.74) is 2.81. The number of hydrogen-bond acceptors (Lipinski definition) is 8. The maximum atomic E-state index is 13.0. The van der Waals surface area contributed by atoms with Gasteiger partial charge in [-0.2, -0.15) is 0 Å². The van der Waals surface area contributed by atoms with Gasteiger partial charge in [-0.15, -0.1) is 10.2 Å². The predicted molar refractivity (Wildman–Crippen MR) is 131 cm³/mol. The molecule has 0 spiro atoms. The second-order valence-corrected chi connectivity index (χ2v) is 9.58. The second-order valence-electron chi connectivity index (χ2n) is 9.15. The molecule has 4 aromatic rings. The lowest BCUT2D eigenvalue weighted by Gasteiger charge is -2.18. The predicted octanol–water partition coefficient (Wildman–Crippen LogP) is 2.35. The van der Waals surface area contributed by atoms with E-state index in [1.807, 2.05) is 6.20 Å². The van der Waals surface area contributed by atoms with Gasteiger partial charge in [0.15, 0.2) is 0 Å². The third kappa shape index (κ3) is 4.49. The van der Waals surface area contributed by atoms with Crippen LogP contribution < -0.4 is 15.0 Å². The van der Waals surface area contributed by atoms with E-state index in [0.29, 0.717) is 22.8 Å². The van der Waals surface area contributed by atoms with Gasteiger partial charge in [0.25, 0.3) is 5.91 Å². The van der Waals surface area contributed by atoms with Gasteiger partial charge in [-0.05, 0) is 64.1 Å². The van der Waals surface area contributed by atoms with Crippen LogP contribution in [-0.4, -0.2) is 61.1 Å². The molecule has 2 fully saturated rings. The molecule has 0 bridgehead atoms. The number of tetrazole rings is 1. The number of nitrogens with one attached hydrogen (secondary N) is 1. The second kappa shape index (κ2) is 9.23. The molecule has 36 heavy (non-hydrogen) atoms. The first-order chi connectivity index (χ1) is 17.6. The van der Waals surface area contributed by atoms with Crippen molar-refractivity contribution in [2.75, 3.05) is 25.1 Å². The van der Waals surface area contributed by atoms with Crippen LogP contribution in [0.25, 0.3) is 5.69 Å². The maximum Gasteiger partial charge on any atom is 0.258 e. The average Bonchev–Trinajstić information content (AvgIpc) is 3.30. The molecule has 1 N–H and O–H groups in total. The van der Waals surface area contributed by atoms with Gasteiger partial charge in [0, 0.05) is 37.1 Å². The Bertz CT molecular complexity index is 1380. The zero-order valence-electron chi connectivity index (χ0n) is 19.6. The highest BCUT2D eigenvalue weighted by Gasteiger charge is 2.45. The number of aromatic nitrogens is 7. The number of fused-ring (bicyclic) bond motifs is 1. The van der Waals surface area contributed by atoms with E-state index in [1.165, 1.54) is 24.5 Å². The topological polar surface area (TPSA) is 116 Å². The molecule has 2 atom stereocenters. The Hall–Kier alpha value is -3.99. The summed E-state index contributed by atoms with van der Waals surface area (Å²) in [4.78, 5) is 20.0. The number of hydrogen-bond donors (Lipinski definition) is 1. The molecule has 1 saturated heterocycles. The van der Waals surface area contributed by atoms with Crippen LogP contribution in [0.15, 0.2) is 49.1 Å². The summed E-state index contributed by atoms with van der Waals surface area (Å²) in [6.45, 7) is 2.91. The largest absolute Gasteiger partial charge is 0.479 e. The number of benzene rings is 1. The van der Waals surface area contributed by atoms with Crippen molar-refractivity contribution < 1.29 is 9.53 Å². The molecule has 184 valence electrons. The first-order valence-electron chi connectivity index (χ1n) is 11.7. The molecule has 1 aliphatic heterocycles. The molecule has 2 unspecified atom stereocenters. The Morgan fingerprint density at radius 1 is 1.22 bits per heavy atom. The highest BCUT2D eigenvalue weighted by molar-refractivity contribution is 6.30. The van der Waals surface area contributed by atoms with E-state index in [0.717, 1.165) is 41.9 Å². The van der Waals surface area contributed by atoms with Gasteiger partial charge in [0.05, 0.1) is 19.3 Å². The number of rotatable bonds is 8. The van der Waals surface area contributed by atoms with Gasteiger partial charge < -0.3 is 15.0 Å². The van der Waals surface area contributed by atoms with E-state index in [9.17, 15) is 4.79 Å². The minimum Gasteiger partial charge on any atom is -0.479 e. The van der Waals surface area contributed by atoms with Gasteiger partial charge in [0.1, 0.15) is 17.7 Å². The summed E-state index contributed by atoms with van der Waals surface area (Å²) in [5.74, 6) is 2.67. The van der Waals surface area contributed by atoms with Crippen LogP contribution in [0.4, 0.5) is 5.82 Å². The van der Waals surface area contributed by atoms with Gasteiger partial charge in [0.2, 0.25) is 5.88 Å². The van der Waals surface area contributed by atoms with Gasteiger partial charge >= 0.3 is 0 Å². The van der Waals surface area contributed by atoms with Gasteiger partial charge in [-0.25, -0.2) is 9.67 Å². The summed E-state index contributed by atoms with van der Waals surface area (Å²) in [6, 6.07) is 9.42. The number of carbonyl (C=O) groups excluding carboxylic acids is 1. The fourth-order valence-corrected chi connectivity index (χ4v) is 4.92. The van der Waals surface area contributed by atoms with Crippen molar-refractivity contribution >= 4 is 23.3 Å². The molecule has 0 radical (unpaired) electrons. The Morgan fingerprint density at radius 3 is 2.81 bits per heavy atom. The zero-order chi connectivity index (χ0) is 24.6. The van der Waals surface area contributed by atoms with Gasteiger partial charge in [-0.3, -0.25) is 9.48 Å². The third-order valence-electron chi connectivity index (χ3n) is 6.70. The lowest BCUT2D eigenvalue weighted by atomic mass is 10.1. The quantitative estimate of drug-likeness (QED) is 0.388. The van der Waals surface area contributed by atoms with Crippen LogP contribution in [0, 0.1) is 11.8 Å². The number of piperidine rings is 1. The van der Waals surface area contributed by atoms with Crippen molar-refractivity contribution in [3.63, 3.8) is 0 Å². The van der Waals surface area contributed by atoms with Crippen LogP contribution >= 0.6 is 11.6 Å². The highest BCUT2D eigenvalue weighted by atomic mass is 35.5. The third-order valence-corrected chi connectivity index (χ3v) is 6.93. The van der Waals surface area contributed by atoms with Crippen molar-refractivity contribution in [2.24, 2.45) is 11.8 Å². The normalized spacial score (nSPS) is 18.2. The number of anilines is 1. The van der Waals surface area contributed by atoms with Crippen LogP contribution in [-0.2, 0) is 13.1 Å². The van der Waals surface area contributed by atoms with Crippen molar-refractivity contribution in [3.05, 3.63) is 70.8 Å². The zero-order valence-corrected chi connectivity index (χ0v) is 20.3. The average molecular weight is 506 g/mol. The minimum atomic E-state index is -0.318. The number of amides is 1. The van der Waals surface area contributed by atoms with Crippen molar-refractivity contribution in [1.82, 2.24) is 40.3 Å². The van der Waals surface area contributed by atoms with E-state index in [2.05, 4.69) is 48.0 Å². The first-order valence-corrected chi connectivity index (χ1v) is 12.1. The Morgan fingerprint density at radius 2 is 2.08 bits per heavy atom. The number of pyridine rings is 1. The summed E-state index contributed by atoms with van der Waals surface area (Å²) in [6.07, 6.45) is 6.39. The number of nitrogens with zero attached hydrogens (tertiary/aromatic N) is 8. The molecule has 1 aromatic carbocycles. The molecule has 12 heteroatoms. The molecule has 3 aromatic heterocycles. The molecule has 4 heterocycles. The standard InChI is InChI=1S/C24H24ClN9O2/c1-36-24-20(23(35)27-9-16-7-19(25)3-4-21(16)34-14-28-30-31-34)13-33(29-24)10-15-2-5-22(26-8-15)32-11-17-6-18(17)12-32/h2-5,7-8,13-14,17-18H,6,9-12H2,1H3,(H,27,35). The number of methoxy groups -OCH3 is 1. The van der Waals surface area contributed by atoms with Crippen molar-refractivity contribution in [2.45, 2.75) is 19.5 Å². The van der Waals surface area contributed by atoms with Crippen LogP contribution in [0.1, 0.15) is 27.9 Å². The first kappa shape index (κ1) is 22.5. The molecule has 1 saturated carbocycles. The van der Waals surface area contributed by atoms with E-state index in [-0.39, 0.29) is 18.3 Å². The monoisotopic (exact) mass is 505 g/mol. The SMILES string of the molecule is COc1nn(Cc2ccc(N3CC4CC4C3)nc2)cc1C(=O)NCc1cc(Cl)ccc1-n1cnnn1. The fraction of sp³-hybridized carbons (Fsp3) is 0.333. The Labute approximate surface area is 212 Å². The van der Waals surface area contributed by atoms with Crippen LogP contribution in [0.5, 0.6) is 5.88 Å². The van der Waals surface area contributed by atoms with E-state index in [1.54, 1.807) is 29.1 Å². The summed E-state index contributed by atoms with van der Waals surface area (Å²) in [7, 11) is 1.49. The summed E-state index contributed by atoms with van der Waals surface area (Å²) >= 11 is 6.18. The van der Waals surface area contributed by atoms with E-state index in [4.69, 9.17) is 16.3 Å². The van der Waals surface area contributed by atoms with Crippen LogP contribution in [0.2, 0.25) is 5.02 Å². The Kier molecular flexibility index (Phi) is 5.76. The minimum absolute atomic E-state index is 0.215. The Balaban J connectivity index is 1.13. The maximum absolute atomic E-state index is 13.0. The lowest BCUT2D eigenvalue weighted by Crippen LogP contribution is -2.23. The number of carbonyl (C=O) groups is 1. The smallest absolute Gasteiger partial charge is 0.258 e. The van der Waals surface area contributed by atoms with Crippen molar-refractivity contribution in [3.8, 4) is 11.6 Å². The molecule has 2 aliphatic rings. The fourth-order valence-electron chi connectivity index (χ4n) is 4.72. The number of halogens is 1. The molecular weight excluding hydrogens is 482 g/mol. The molecule has 6 rings (SSSR count).